The highest BCUT2D eigenvalue weighted by molar-refractivity contribution is 6.39. The first-order valence-electron chi connectivity index (χ1n) is 9.61. The van der Waals surface area contributed by atoms with Gasteiger partial charge in [0.05, 0.1) is 0 Å². The number of aromatic amines is 1. The van der Waals surface area contributed by atoms with Gasteiger partial charge in [0.25, 0.3) is 0 Å². The van der Waals surface area contributed by atoms with Crippen molar-refractivity contribution in [3.05, 3.63) is 72.6 Å². The molecule has 0 bridgehead atoms. The lowest BCUT2D eigenvalue weighted by atomic mass is 9.95. The summed E-state index contributed by atoms with van der Waals surface area (Å²) < 4.78 is 5.73. The zero-order chi connectivity index (χ0) is 20.1. The summed E-state index contributed by atoms with van der Waals surface area (Å²) in [5.74, 6) is 0.415. The number of rotatable bonds is 4. The lowest BCUT2D eigenvalue weighted by Crippen LogP contribution is -2.44. The van der Waals surface area contributed by atoms with Gasteiger partial charge in [-0.3, -0.25) is 14.7 Å². The second kappa shape index (κ2) is 8.60. The summed E-state index contributed by atoms with van der Waals surface area (Å²) in [6.07, 6.45) is 3.53. The van der Waals surface area contributed by atoms with Crippen molar-refractivity contribution < 1.29 is 14.3 Å². The molecule has 4 rings (SSSR count). The summed E-state index contributed by atoms with van der Waals surface area (Å²) >= 11 is 0. The van der Waals surface area contributed by atoms with E-state index in [0.717, 1.165) is 24.3 Å². The molecule has 1 atom stereocenters. The van der Waals surface area contributed by atoms with E-state index >= 15 is 0 Å². The minimum Gasteiger partial charge on any atom is -0.457 e. The molecule has 2 amide bonds. The first-order chi connectivity index (χ1) is 14.2. The summed E-state index contributed by atoms with van der Waals surface area (Å²) in [6.45, 7) is 1.10. The number of carbonyl (C=O) groups is 2. The number of carbonyl (C=O) groups excluding carboxylic acids is 2. The number of ether oxygens (including phenoxy) is 1. The van der Waals surface area contributed by atoms with Crippen molar-refractivity contribution in [3.8, 4) is 11.5 Å². The normalized spacial score (nSPS) is 16.3. The zero-order valence-electron chi connectivity index (χ0n) is 15.9. The molecule has 0 spiro atoms. The monoisotopic (exact) mass is 390 g/mol. The second-order valence-electron chi connectivity index (χ2n) is 7.00. The van der Waals surface area contributed by atoms with Gasteiger partial charge in [-0.25, -0.2) is 0 Å². The highest BCUT2D eigenvalue weighted by atomic mass is 16.5. The predicted molar refractivity (Wildman–Crippen MR) is 109 cm³/mol. The van der Waals surface area contributed by atoms with E-state index in [0.29, 0.717) is 24.5 Å². The fraction of sp³-hybridized carbons (Fsp3) is 0.227. The SMILES string of the molecule is O=C(Nc1ccc(Oc2ccccc2)cc1)C(=O)N1CCC[C@@H](c2ccn[nH]2)C1. The molecule has 1 fully saturated rings. The van der Waals surface area contributed by atoms with Crippen LogP contribution in [0.1, 0.15) is 24.5 Å². The van der Waals surface area contributed by atoms with Gasteiger partial charge >= 0.3 is 11.8 Å². The molecule has 29 heavy (non-hydrogen) atoms. The number of amides is 2. The van der Waals surface area contributed by atoms with E-state index in [4.69, 9.17) is 4.74 Å². The van der Waals surface area contributed by atoms with E-state index in [1.165, 1.54) is 0 Å². The molecular weight excluding hydrogens is 368 g/mol. The van der Waals surface area contributed by atoms with E-state index in [1.807, 2.05) is 36.4 Å². The van der Waals surface area contributed by atoms with Crippen LogP contribution in [0.25, 0.3) is 0 Å². The Hall–Kier alpha value is -3.61. The first-order valence-corrected chi connectivity index (χ1v) is 9.61. The summed E-state index contributed by atoms with van der Waals surface area (Å²) in [5.41, 5.74) is 1.54. The molecule has 2 N–H and O–H groups in total. The van der Waals surface area contributed by atoms with Crippen LogP contribution in [0.3, 0.4) is 0 Å². The molecule has 3 aromatic rings. The Morgan fingerprint density at radius 2 is 1.79 bits per heavy atom. The predicted octanol–water partition coefficient (Wildman–Crippen LogP) is 3.55. The number of likely N-dealkylation sites (tertiary alicyclic amines) is 1. The number of nitrogens with zero attached hydrogens (tertiary/aromatic N) is 2. The molecule has 1 aliphatic rings. The molecule has 1 saturated heterocycles. The molecule has 2 aromatic carbocycles. The van der Waals surface area contributed by atoms with Crippen molar-refractivity contribution in [3.63, 3.8) is 0 Å². The number of anilines is 1. The Kier molecular flexibility index (Phi) is 5.56. The largest absolute Gasteiger partial charge is 0.457 e. The molecule has 2 heterocycles. The average Bonchev–Trinajstić information content (AvgIpc) is 3.30. The number of hydrogen-bond donors (Lipinski definition) is 2. The minimum atomic E-state index is -0.632. The third-order valence-electron chi connectivity index (χ3n) is 4.96. The molecule has 0 radical (unpaired) electrons. The third-order valence-corrected chi connectivity index (χ3v) is 4.96. The average molecular weight is 390 g/mol. The van der Waals surface area contributed by atoms with Gasteiger partial charge in [0.1, 0.15) is 11.5 Å². The van der Waals surface area contributed by atoms with Gasteiger partial charge in [-0.2, -0.15) is 5.10 Å². The maximum atomic E-state index is 12.6. The molecule has 1 aliphatic heterocycles. The van der Waals surface area contributed by atoms with E-state index in [2.05, 4.69) is 15.5 Å². The Bertz CT molecular complexity index is 955. The van der Waals surface area contributed by atoms with Crippen LogP contribution in [0.5, 0.6) is 11.5 Å². The molecule has 148 valence electrons. The fourth-order valence-electron chi connectivity index (χ4n) is 3.47. The van der Waals surface area contributed by atoms with Gasteiger partial charge in [0.15, 0.2) is 0 Å². The number of nitrogens with one attached hydrogen (secondary N) is 2. The van der Waals surface area contributed by atoms with Crippen LogP contribution in [0.4, 0.5) is 5.69 Å². The topological polar surface area (TPSA) is 87.3 Å². The van der Waals surface area contributed by atoms with Crippen molar-refractivity contribution >= 4 is 17.5 Å². The Labute approximate surface area is 168 Å². The number of aromatic nitrogens is 2. The zero-order valence-corrected chi connectivity index (χ0v) is 15.9. The minimum absolute atomic E-state index is 0.178. The van der Waals surface area contributed by atoms with Crippen molar-refractivity contribution in [1.29, 1.82) is 0 Å². The van der Waals surface area contributed by atoms with Gasteiger partial charge in [-0.15, -0.1) is 0 Å². The van der Waals surface area contributed by atoms with Gasteiger partial charge in [-0.05, 0) is 55.3 Å². The fourth-order valence-corrected chi connectivity index (χ4v) is 3.47. The van der Waals surface area contributed by atoms with Crippen LogP contribution in [-0.2, 0) is 9.59 Å². The highest BCUT2D eigenvalue weighted by Gasteiger charge is 2.29. The van der Waals surface area contributed by atoms with Gasteiger partial charge in [-0.1, -0.05) is 18.2 Å². The van der Waals surface area contributed by atoms with Crippen LogP contribution in [-0.4, -0.2) is 40.0 Å². The number of H-pyrrole nitrogens is 1. The Morgan fingerprint density at radius 1 is 1.03 bits per heavy atom. The van der Waals surface area contributed by atoms with E-state index in [9.17, 15) is 9.59 Å². The van der Waals surface area contributed by atoms with Gasteiger partial charge < -0.3 is 15.0 Å². The van der Waals surface area contributed by atoms with Crippen molar-refractivity contribution in [2.75, 3.05) is 18.4 Å². The second-order valence-corrected chi connectivity index (χ2v) is 7.00. The molecule has 7 nitrogen and oxygen atoms in total. The summed E-state index contributed by atoms with van der Waals surface area (Å²) in [7, 11) is 0. The number of hydrogen-bond acceptors (Lipinski definition) is 4. The lowest BCUT2D eigenvalue weighted by Gasteiger charge is -2.31. The molecule has 0 aliphatic carbocycles. The van der Waals surface area contributed by atoms with E-state index in [-0.39, 0.29) is 5.92 Å². The molecule has 0 unspecified atom stereocenters. The van der Waals surface area contributed by atoms with E-state index < -0.39 is 11.8 Å². The lowest BCUT2D eigenvalue weighted by molar-refractivity contribution is -0.144. The highest BCUT2D eigenvalue weighted by Crippen LogP contribution is 2.26. The number of para-hydroxylation sites is 1. The maximum absolute atomic E-state index is 12.6. The maximum Gasteiger partial charge on any atom is 0.313 e. The Morgan fingerprint density at radius 3 is 2.52 bits per heavy atom. The number of piperidine rings is 1. The van der Waals surface area contributed by atoms with E-state index in [1.54, 1.807) is 35.4 Å². The third kappa shape index (κ3) is 4.63. The molecule has 1 aromatic heterocycles. The smallest absolute Gasteiger partial charge is 0.313 e. The quantitative estimate of drug-likeness (QED) is 0.667. The molecule has 0 saturated carbocycles. The Balaban J connectivity index is 1.34. The van der Waals surface area contributed by atoms with Crippen LogP contribution in [0.2, 0.25) is 0 Å². The van der Waals surface area contributed by atoms with Gasteiger partial charge in [0, 0.05) is 36.6 Å². The van der Waals surface area contributed by atoms with Crippen LogP contribution in [0, 0.1) is 0 Å². The molecule has 7 heteroatoms. The van der Waals surface area contributed by atoms with Crippen LogP contribution >= 0.6 is 0 Å². The van der Waals surface area contributed by atoms with Crippen molar-refractivity contribution in [2.45, 2.75) is 18.8 Å². The molecular formula is C22H22N4O3. The summed E-state index contributed by atoms with van der Waals surface area (Å²) in [4.78, 5) is 26.6. The standard InChI is InChI=1S/C22H22N4O3/c27-21(22(28)26-14-4-5-16(15-26)20-12-13-23-25-20)24-17-8-10-19(11-9-17)29-18-6-2-1-3-7-18/h1-3,6-13,16H,4-5,14-15H2,(H,23,25)(H,24,27)/t16-/m1/s1. The summed E-state index contributed by atoms with van der Waals surface area (Å²) in [6, 6.07) is 18.3. The van der Waals surface area contributed by atoms with Crippen molar-refractivity contribution in [1.82, 2.24) is 15.1 Å². The first kappa shape index (κ1) is 18.7. The van der Waals surface area contributed by atoms with Crippen LogP contribution < -0.4 is 10.1 Å². The van der Waals surface area contributed by atoms with Gasteiger partial charge in [0.2, 0.25) is 0 Å². The van der Waals surface area contributed by atoms with Crippen molar-refractivity contribution in [2.24, 2.45) is 0 Å². The van der Waals surface area contributed by atoms with Crippen LogP contribution in [0.15, 0.2) is 66.9 Å². The number of benzene rings is 2. The summed E-state index contributed by atoms with van der Waals surface area (Å²) in [5, 5.41) is 9.61.